The van der Waals surface area contributed by atoms with Crippen molar-refractivity contribution < 1.29 is 18.3 Å². The molecule has 0 spiro atoms. The van der Waals surface area contributed by atoms with E-state index >= 15 is 0 Å². The van der Waals surface area contributed by atoms with Gasteiger partial charge in [-0.05, 0) is 55.5 Å². The van der Waals surface area contributed by atoms with Gasteiger partial charge in [0.2, 0.25) is 0 Å². The van der Waals surface area contributed by atoms with E-state index in [1.807, 2.05) is 6.92 Å². The number of hydrogen-bond donors (Lipinski definition) is 2. The molecular weight excluding hydrogens is 482 g/mol. The Morgan fingerprint density at radius 1 is 1.06 bits per heavy atom. The molecule has 0 aliphatic heterocycles. The van der Waals surface area contributed by atoms with Gasteiger partial charge < -0.3 is 5.11 Å². The van der Waals surface area contributed by atoms with Gasteiger partial charge in [0.1, 0.15) is 12.3 Å². The number of hydrazone groups is 1. The van der Waals surface area contributed by atoms with Gasteiger partial charge in [0.15, 0.2) is 0 Å². The number of rotatable bonds is 7. The lowest BCUT2D eigenvalue weighted by Gasteiger charge is -2.23. The minimum absolute atomic E-state index is 0.0129. The first-order chi connectivity index (χ1) is 14.8. The molecule has 0 radical (unpaired) electrons. The quantitative estimate of drug-likeness (QED) is 0.379. The predicted molar refractivity (Wildman–Crippen MR) is 124 cm³/mol. The fourth-order valence-corrected chi connectivity index (χ4v) is 4.38. The van der Waals surface area contributed by atoms with Gasteiger partial charge in [0.05, 0.1) is 16.8 Å². The minimum Gasteiger partial charge on any atom is -0.507 e. The van der Waals surface area contributed by atoms with Crippen LogP contribution in [0.3, 0.4) is 0 Å². The van der Waals surface area contributed by atoms with Crippen molar-refractivity contribution in [2.45, 2.75) is 11.8 Å². The molecule has 160 valence electrons. The SMILES string of the molecule is Cc1ccc(S(=O)(=O)N(CC(=O)N/N=C\c2ccccc2O)c2ccc(Br)cc2)cc1. The number of aryl methyl sites for hydroxylation is 1. The maximum Gasteiger partial charge on any atom is 0.264 e. The van der Waals surface area contributed by atoms with Crippen molar-refractivity contribution in [2.75, 3.05) is 10.8 Å². The zero-order valence-electron chi connectivity index (χ0n) is 16.6. The van der Waals surface area contributed by atoms with Crippen LogP contribution < -0.4 is 9.73 Å². The Morgan fingerprint density at radius 3 is 2.35 bits per heavy atom. The summed E-state index contributed by atoms with van der Waals surface area (Å²) in [7, 11) is -4.00. The Bertz CT molecular complexity index is 1190. The van der Waals surface area contributed by atoms with E-state index in [2.05, 4.69) is 26.5 Å². The third-order valence-electron chi connectivity index (χ3n) is 4.34. The normalized spacial score (nSPS) is 11.4. The van der Waals surface area contributed by atoms with Crippen LogP contribution in [-0.4, -0.2) is 32.2 Å². The van der Waals surface area contributed by atoms with Crippen molar-refractivity contribution in [3.63, 3.8) is 0 Å². The van der Waals surface area contributed by atoms with Crippen molar-refractivity contribution in [1.82, 2.24) is 5.43 Å². The lowest BCUT2D eigenvalue weighted by atomic mass is 10.2. The second-order valence-corrected chi connectivity index (χ2v) is 9.43. The van der Waals surface area contributed by atoms with Crippen LogP contribution in [-0.2, 0) is 14.8 Å². The molecule has 0 aliphatic rings. The Kier molecular flexibility index (Phi) is 7.09. The first-order valence-corrected chi connectivity index (χ1v) is 11.5. The standard InChI is InChI=1S/C22H20BrN3O4S/c1-16-6-12-20(13-7-16)31(29,30)26(19-10-8-18(23)9-11-19)15-22(28)25-24-14-17-4-2-3-5-21(17)27/h2-14,27H,15H2,1H3,(H,25,28)/b24-14-. The molecule has 0 heterocycles. The smallest absolute Gasteiger partial charge is 0.264 e. The van der Waals surface area contributed by atoms with Gasteiger partial charge in [0.25, 0.3) is 15.9 Å². The molecule has 0 bridgehead atoms. The van der Waals surface area contributed by atoms with Gasteiger partial charge in [0, 0.05) is 10.0 Å². The number of aromatic hydroxyl groups is 1. The summed E-state index contributed by atoms with van der Waals surface area (Å²) in [4.78, 5) is 12.6. The van der Waals surface area contributed by atoms with Gasteiger partial charge in [-0.15, -0.1) is 0 Å². The average Bonchev–Trinajstić information content (AvgIpc) is 2.74. The molecule has 3 rings (SSSR count). The van der Waals surface area contributed by atoms with E-state index in [0.717, 1.165) is 14.3 Å². The van der Waals surface area contributed by atoms with Crippen LogP contribution in [0.4, 0.5) is 5.69 Å². The summed E-state index contributed by atoms with van der Waals surface area (Å²) in [6.07, 6.45) is 1.28. The number of para-hydroxylation sites is 1. The van der Waals surface area contributed by atoms with E-state index in [1.54, 1.807) is 54.6 Å². The highest BCUT2D eigenvalue weighted by atomic mass is 79.9. The van der Waals surface area contributed by atoms with Crippen LogP contribution in [0.2, 0.25) is 0 Å². The van der Waals surface area contributed by atoms with Crippen molar-refractivity contribution in [3.05, 3.63) is 88.4 Å². The van der Waals surface area contributed by atoms with E-state index in [9.17, 15) is 18.3 Å². The van der Waals surface area contributed by atoms with Crippen LogP contribution in [0.5, 0.6) is 5.75 Å². The fraction of sp³-hybridized carbons (Fsp3) is 0.0909. The Hall–Kier alpha value is -3.17. The molecule has 0 saturated heterocycles. The molecule has 1 amide bonds. The molecule has 31 heavy (non-hydrogen) atoms. The van der Waals surface area contributed by atoms with Gasteiger partial charge in [-0.2, -0.15) is 5.10 Å². The third kappa shape index (κ3) is 5.71. The van der Waals surface area contributed by atoms with Gasteiger partial charge in [-0.3, -0.25) is 9.10 Å². The third-order valence-corrected chi connectivity index (χ3v) is 6.66. The molecule has 0 atom stereocenters. The van der Waals surface area contributed by atoms with Crippen molar-refractivity contribution >= 4 is 43.8 Å². The number of phenols is 1. The second kappa shape index (κ2) is 9.76. The topological polar surface area (TPSA) is 99.1 Å². The Balaban J connectivity index is 1.84. The summed E-state index contributed by atoms with van der Waals surface area (Å²) in [5.74, 6) is -0.621. The van der Waals surface area contributed by atoms with Gasteiger partial charge in [-0.25, -0.2) is 13.8 Å². The number of nitrogens with zero attached hydrogens (tertiary/aromatic N) is 2. The molecule has 9 heteroatoms. The fourth-order valence-electron chi connectivity index (χ4n) is 2.70. The number of nitrogens with one attached hydrogen (secondary N) is 1. The number of phenolic OH excluding ortho intramolecular Hbond substituents is 1. The van der Waals surface area contributed by atoms with E-state index in [0.29, 0.717) is 11.3 Å². The van der Waals surface area contributed by atoms with Crippen LogP contribution in [0.15, 0.2) is 87.3 Å². The van der Waals surface area contributed by atoms with Gasteiger partial charge >= 0.3 is 0 Å². The number of sulfonamides is 1. The zero-order chi connectivity index (χ0) is 22.4. The zero-order valence-corrected chi connectivity index (χ0v) is 19.0. The molecule has 0 aromatic heterocycles. The average molecular weight is 502 g/mol. The summed E-state index contributed by atoms with van der Waals surface area (Å²) in [6, 6.07) is 19.5. The lowest BCUT2D eigenvalue weighted by Crippen LogP contribution is -2.39. The van der Waals surface area contributed by atoms with E-state index in [-0.39, 0.29) is 10.6 Å². The molecule has 3 aromatic rings. The Morgan fingerprint density at radius 2 is 1.71 bits per heavy atom. The molecule has 0 fully saturated rings. The number of carbonyl (C=O) groups excluding carboxylic acids is 1. The minimum atomic E-state index is -4.00. The first kappa shape index (κ1) is 22.5. The summed E-state index contributed by atoms with van der Waals surface area (Å²) in [5, 5.41) is 13.6. The Labute approximate surface area is 189 Å². The predicted octanol–water partition coefficient (Wildman–Crippen LogP) is 3.81. The molecular formula is C22H20BrN3O4S. The van der Waals surface area contributed by atoms with Gasteiger partial charge in [-0.1, -0.05) is 45.8 Å². The van der Waals surface area contributed by atoms with Crippen molar-refractivity contribution in [2.24, 2.45) is 5.10 Å². The van der Waals surface area contributed by atoms with E-state index in [4.69, 9.17) is 0 Å². The molecule has 2 N–H and O–H groups in total. The summed E-state index contributed by atoms with van der Waals surface area (Å²) in [5.41, 5.74) is 3.98. The van der Waals surface area contributed by atoms with Crippen molar-refractivity contribution in [3.8, 4) is 5.75 Å². The number of anilines is 1. The summed E-state index contributed by atoms with van der Waals surface area (Å²) >= 11 is 3.32. The first-order valence-electron chi connectivity index (χ1n) is 9.22. The summed E-state index contributed by atoms with van der Waals surface area (Å²) in [6.45, 7) is 1.38. The number of carbonyl (C=O) groups is 1. The monoisotopic (exact) mass is 501 g/mol. The highest BCUT2D eigenvalue weighted by molar-refractivity contribution is 9.10. The summed E-state index contributed by atoms with van der Waals surface area (Å²) < 4.78 is 28.3. The molecule has 7 nitrogen and oxygen atoms in total. The number of benzene rings is 3. The second-order valence-electron chi connectivity index (χ2n) is 6.65. The number of hydrogen-bond acceptors (Lipinski definition) is 5. The molecule has 3 aromatic carbocycles. The lowest BCUT2D eigenvalue weighted by molar-refractivity contribution is -0.119. The number of amides is 1. The van der Waals surface area contributed by atoms with E-state index < -0.39 is 22.5 Å². The highest BCUT2D eigenvalue weighted by Gasteiger charge is 2.27. The highest BCUT2D eigenvalue weighted by Crippen LogP contribution is 2.25. The number of halogens is 1. The molecule has 0 unspecified atom stereocenters. The van der Waals surface area contributed by atoms with E-state index in [1.165, 1.54) is 24.4 Å². The largest absolute Gasteiger partial charge is 0.507 e. The maximum atomic E-state index is 13.3. The van der Waals surface area contributed by atoms with Crippen LogP contribution in [0, 0.1) is 6.92 Å². The molecule has 0 aliphatic carbocycles. The van der Waals surface area contributed by atoms with Crippen LogP contribution >= 0.6 is 15.9 Å². The van der Waals surface area contributed by atoms with Crippen LogP contribution in [0.25, 0.3) is 0 Å². The van der Waals surface area contributed by atoms with Crippen LogP contribution in [0.1, 0.15) is 11.1 Å². The molecule has 0 saturated carbocycles. The van der Waals surface area contributed by atoms with Crippen molar-refractivity contribution in [1.29, 1.82) is 0 Å². The maximum absolute atomic E-state index is 13.3.